The van der Waals surface area contributed by atoms with Gasteiger partial charge in [0, 0.05) is 5.56 Å². The molecule has 0 aliphatic heterocycles. The van der Waals surface area contributed by atoms with E-state index in [2.05, 4.69) is 24.5 Å². The van der Waals surface area contributed by atoms with Gasteiger partial charge >= 0.3 is 0 Å². The quantitative estimate of drug-likeness (QED) is 0.443. The average molecular weight is 166 g/mol. The van der Waals surface area contributed by atoms with Gasteiger partial charge in [-0.05, 0) is 18.2 Å². The number of hydrogen-bond donors (Lipinski definition) is 1. The van der Waals surface area contributed by atoms with Crippen LogP contribution in [0.3, 0.4) is 0 Å². The molecule has 0 fully saturated rings. The van der Waals surface area contributed by atoms with E-state index >= 15 is 0 Å². The van der Waals surface area contributed by atoms with Crippen LogP contribution in [0.25, 0.3) is 0 Å². The standard InChI is InChI=1S/C9H7FS/c10-9-5-1-3-8(7-9)4-2-6-11/h1,3,5,7,11H,6H2. The Morgan fingerprint density at radius 1 is 1.45 bits per heavy atom. The summed E-state index contributed by atoms with van der Waals surface area (Å²) in [6.07, 6.45) is 0. The van der Waals surface area contributed by atoms with Crippen LogP contribution in [0.1, 0.15) is 5.56 Å². The van der Waals surface area contributed by atoms with Gasteiger partial charge in [0.2, 0.25) is 0 Å². The van der Waals surface area contributed by atoms with Crippen molar-refractivity contribution in [2.45, 2.75) is 0 Å². The van der Waals surface area contributed by atoms with Crippen LogP contribution in [0.4, 0.5) is 4.39 Å². The van der Waals surface area contributed by atoms with Crippen LogP contribution in [0.5, 0.6) is 0 Å². The fourth-order valence-corrected chi connectivity index (χ4v) is 0.787. The predicted molar refractivity (Wildman–Crippen MR) is 47.1 cm³/mol. The molecule has 1 aromatic rings. The average Bonchev–Trinajstić information content (AvgIpc) is 2.01. The zero-order valence-corrected chi connectivity index (χ0v) is 6.74. The number of rotatable bonds is 0. The van der Waals surface area contributed by atoms with Crippen molar-refractivity contribution >= 4 is 12.6 Å². The molecule has 0 saturated heterocycles. The lowest BCUT2D eigenvalue weighted by Crippen LogP contribution is -1.76. The zero-order chi connectivity index (χ0) is 8.10. The lowest BCUT2D eigenvalue weighted by molar-refractivity contribution is 0.627. The van der Waals surface area contributed by atoms with Gasteiger partial charge in [0.05, 0.1) is 5.75 Å². The molecule has 0 nitrogen and oxygen atoms in total. The van der Waals surface area contributed by atoms with Crippen molar-refractivity contribution in [2.75, 3.05) is 5.75 Å². The minimum Gasteiger partial charge on any atom is -0.207 e. The Kier molecular flexibility index (Phi) is 3.00. The van der Waals surface area contributed by atoms with Crippen molar-refractivity contribution in [3.8, 4) is 11.8 Å². The second kappa shape index (κ2) is 4.05. The Morgan fingerprint density at radius 3 is 2.91 bits per heavy atom. The van der Waals surface area contributed by atoms with Crippen LogP contribution < -0.4 is 0 Å². The molecular weight excluding hydrogens is 159 g/mol. The molecule has 0 unspecified atom stereocenters. The molecule has 56 valence electrons. The van der Waals surface area contributed by atoms with Crippen LogP contribution in [0.15, 0.2) is 24.3 Å². The summed E-state index contributed by atoms with van der Waals surface area (Å²) in [4.78, 5) is 0. The largest absolute Gasteiger partial charge is 0.207 e. The summed E-state index contributed by atoms with van der Waals surface area (Å²) < 4.78 is 12.5. The number of halogens is 1. The van der Waals surface area contributed by atoms with Gasteiger partial charge in [0.25, 0.3) is 0 Å². The van der Waals surface area contributed by atoms with Gasteiger partial charge in [-0.3, -0.25) is 0 Å². The van der Waals surface area contributed by atoms with Gasteiger partial charge in [0.1, 0.15) is 5.82 Å². The predicted octanol–water partition coefficient (Wildman–Crippen LogP) is 2.11. The van der Waals surface area contributed by atoms with Crippen molar-refractivity contribution in [3.05, 3.63) is 35.6 Å². The first-order valence-electron chi connectivity index (χ1n) is 3.18. The fraction of sp³-hybridized carbons (Fsp3) is 0.111. The molecule has 0 bridgehead atoms. The van der Waals surface area contributed by atoms with Crippen molar-refractivity contribution in [3.63, 3.8) is 0 Å². The molecule has 0 saturated carbocycles. The van der Waals surface area contributed by atoms with Crippen molar-refractivity contribution in [2.24, 2.45) is 0 Å². The van der Waals surface area contributed by atoms with Crippen LogP contribution in [0, 0.1) is 17.7 Å². The minimum absolute atomic E-state index is 0.254. The second-order valence-corrected chi connectivity index (χ2v) is 2.29. The monoisotopic (exact) mass is 166 g/mol. The summed E-state index contributed by atoms with van der Waals surface area (Å²) >= 11 is 3.91. The van der Waals surface area contributed by atoms with E-state index < -0.39 is 0 Å². The first-order valence-corrected chi connectivity index (χ1v) is 3.81. The molecule has 11 heavy (non-hydrogen) atoms. The fourth-order valence-electron chi connectivity index (χ4n) is 0.708. The summed E-state index contributed by atoms with van der Waals surface area (Å²) in [5.41, 5.74) is 0.694. The van der Waals surface area contributed by atoms with Gasteiger partial charge in [-0.25, -0.2) is 4.39 Å². The Hall–Kier alpha value is -0.940. The Morgan fingerprint density at radius 2 is 2.27 bits per heavy atom. The van der Waals surface area contributed by atoms with E-state index in [1.54, 1.807) is 12.1 Å². The third-order valence-corrected chi connectivity index (χ3v) is 1.29. The molecule has 0 amide bonds. The first-order chi connectivity index (χ1) is 5.33. The molecular formula is C9H7FS. The van der Waals surface area contributed by atoms with Crippen molar-refractivity contribution in [1.82, 2.24) is 0 Å². The van der Waals surface area contributed by atoms with Gasteiger partial charge in [-0.15, -0.1) is 0 Å². The Bertz CT molecular complexity index is 296. The van der Waals surface area contributed by atoms with Crippen LogP contribution in [-0.4, -0.2) is 5.75 Å². The van der Waals surface area contributed by atoms with Crippen molar-refractivity contribution in [1.29, 1.82) is 0 Å². The SMILES string of the molecule is Fc1cccc(C#CCS)c1. The van der Waals surface area contributed by atoms with Crippen molar-refractivity contribution < 1.29 is 4.39 Å². The molecule has 0 aliphatic rings. The highest BCUT2D eigenvalue weighted by atomic mass is 32.1. The summed E-state index contributed by atoms with van der Waals surface area (Å²) in [6, 6.07) is 6.19. The normalized spacial score (nSPS) is 8.55. The summed E-state index contributed by atoms with van der Waals surface area (Å²) in [7, 11) is 0. The molecule has 0 radical (unpaired) electrons. The molecule has 1 aromatic carbocycles. The smallest absolute Gasteiger partial charge is 0.124 e. The number of benzene rings is 1. The van der Waals surface area contributed by atoms with E-state index in [9.17, 15) is 4.39 Å². The maximum Gasteiger partial charge on any atom is 0.124 e. The van der Waals surface area contributed by atoms with E-state index in [4.69, 9.17) is 0 Å². The third-order valence-electron chi connectivity index (χ3n) is 1.14. The molecule has 1 rings (SSSR count). The maximum atomic E-state index is 12.5. The topological polar surface area (TPSA) is 0 Å². The molecule has 0 N–H and O–H groups in total. The summed E-state index contributed by atoms with van der Waals surface area (Å²) in [6.45, 7) is 0. The second-order valence-electron chi connectivity index (χ2n) is 1.97. The van der Waals surface area contributed by atoms with Gasteiger partial charge in [0.15, 0.2) is 0 Å². The van der Waals surface area contributed by atoms with Gasteiger partial charge in [-0.1, -0.05) is 17.9 Å². The van der Waals surface area contributed by atoms with Crippen LogP contribution in [-0.2, 0) is 0 Å². The highest BCUT2D eigenvalue weighted by molar-refractivity contribution is 7.80. The summed E-state index contributed by atoms with van der Waals surface area (Å²) in [5, 5.41) is 0. The minimum atomic E-state index is -0.254. The van der Waals surface area contributed by atoms with E-state index in [0.717, 1.165) is 0 Å². The lowest BCUT2D eigenvalue weighted by atomic mass is 10.2. The van der Waals surface area contributed by atoms with E-state index in [1.165, 1.54) is 12.1 Å². The molecule has 0 aromatic heterocycles. The first kappa shape index (κ1) is 8.16. The van der Waals surface area contributed by atoms with Gasteiger partial charge in [-0.2, -0.15) is 12.6 Å². The molecule has 2 heteroatoms. The molecule has 0 atom stereocenters. The van der Waals surface area contributed by atoms with E-state index in [-0.39, 0.29) is 5.82 Å². The van der Waals surface area contributed by atoms with Gasteiger partial charge < -0.3 is 0 Å². The zero-order valence-electron chi connectivity index (χ0n) is 5.84. The maximum absolute atomic E-state index is 12.5. The van der Waals surface area contributed by atoms with E-state index in [1.807, 2.05) is 0 Å². The number of thiol groups is 1. The third kappa shape index (κ3) is 2.65. The molecule has 0 spiro atoms. The van der Waals surface area contributed by atoms with Crippen LogP contribution >= 0.6 is 12.6 Å². The van der Waals surface area contributed by atoms with E-state index in [0.29, 0.717) is 11.3 Å². The molecule has 0 aliphatic carbocycles. The Labute approximate surface area is 70.8 Å². The highest BCUT2D eigenvalue weighted by Gasteiger charge is 1.88. The highest BCUT2D eigenvalue weighted by Crippen LogP contribution is 2.00. The molecule has 0 heterocycles. The summed E-state index contributed by atoms with van der Waals surface area (Å²) in [5.74, 6) is 5.75. The van der Waals surface area contributed by atoms with Crippen LogP contribution in [0.2, 0.25) is 0 Å². The Balaban J connectivity index is 2.87. The number of hydrogen-bond acceptors (Lipinski definition) is 1. The lowest BCUT2D eigenvalue weighted by Gasteiger charge is -1.88.